The normalized spacial score (nSPS) is 25.2. The fourth-order valence-corrected chi connectivity index (χ4v) is 4.70. The monoisotopic (exact) mass is 400 g/mol. The van der Waals surface area contributed by atoms with Crippen molar-refractivity contribution in [3.8, 4) is 5.75 Å². The minimum absolute atomic E-state index is 0.0454. The first kappa shape index (κ1) is 20.2. The Morgan fingerprint density at radius 3 is 2.48 bits per heavy atom. The molecule has 1 saturated carbocycles. The molecule has 0 N–H and O–H groups in total. The van der Waals surface area contributed by atoms with Crippen LogP contribution in [0, 0.1) is 12.3 Å². The van der Waals surface area contributed by atoms with Crippen LogP contribution in [0.4, 0.5) is 0 Å². The van der Waals surface area contributed by atoms with Gasteiger partial charge in [0, 0.05) is 19.7 Å². The smallest absolute Gasteiger partial charge is 0.264 e. The number of rotatable bonds is 8. The number of carbonyl (C=O) groups excluding carboxylic acids is 2. The molecule has 1 aromatic carbocycles. The van der Waals surface area contributed by atoms with Crippen LogP contribution >= 0.6 is 0 Å². The van der Waals surface area contributed by atoms with Crippen LogP contribution in [0.3, 0.4) is 0 Å². The van der Waals surface area contributed by atoms with E-state index in [0.29, 0.717) is 32.7 Å². The van der Waals surface area contributed by atoms with Crippen molar-refractivity contribution >= 4 is 11.8 Å². The van der Waals surface area contributed by atoms with Crippen molar-refractivity contribution in [2.24, 2.45) is 5.41 Å². The maximum Gasteiger partial charge on any atom is 0.264 e. The van der Waals surface area contributed by atoms with Gasteiger partial charge in [-0.15, -0.1) is 0 Å². The number of piperazine rings is 1. The molecule has 29 heavy (non-hydrogen) atoms. The Morgan fingerprint density at radius 1 is 1.17 bits per heavy atom. The lowest BCUT2D eigenvalue weighted by Crippen LogP contribution is -2.55. The van der Waals surface area contributed by atoms with Gasteiger partial charge in [0.1, 0.15) is 5.75 Å². The molecule has 0 radical (unpaired) electrons. The summed E-state index contributed by atoms with van der Waals surface area (Å²) in [6.45, 7) is 8.39. The summed E-state index contributed by atoms with van der Waals surface area (Å²) < 4.78 is 11.6. The summed E-state index contributed by atoms with van der Waals surface area (Å²) in [6.07, 6.45) is 2.87. The van der Waals surface area contributed by atoms with Gasteiger partial charge < -0.3 is 19.3 Å². The van der Waals surface area contributed by atoms with Gasteiger partial charge in [-0.25, -0.2) is 0 Å². The van der Waals surface area contributed by atoms with Crippen LogP contribution < -0.4 is 4.74 Å². The highest BCUT2D eigenvalue weighted by molar-refractivity contribution is 5.87. The van der Waals surface area contributed by atoms with Gasteiger partial charge >= 0.3 is 0 Å². The third-order valence-corrected chi connectivity index (χ3v) is 6.59. The summed E-state index contributed by atoms with van der Waals surface area (Å²) in [5, 5.41) is 0. The van der Waals surface area contributed by atoms with Crippen LogP contribution in [0.1, 0.15) is 45.1 Å². The SMILES string of the molecule is CCOCC1(C(=O)N2C[C@@H]3C[C@H]2CN3C(=O)C(CC)Oc2cccc(C)c2)CC1. The second-order valence-electron chi connectivity index (χ2n) is 8.74. The van der Waals surface area contributed by atoms with E-state index in [2.05, 4.69) is 0 Å². The van der Waals surface area contributed by atoms with Gasteiger partial charge in [-0.05, 0) is 57.2 Å². The predicted molar refractivity (Wildman–Crippen MR) is 110 cm³/mol. The molecule has 158 valence electrons. The van der Waals surface area contributed by atoms with Crippen molar-refractivity contribution < 1.29 is 19.1 Å². The fraction of sp³-hybridized carbons (Fsp3) is 0.652. The Bertz CT molecular complexity index is 776. The van der Waals surface area contributed by atoms with Gasteiger partial charge in [0.2, 0.25) is 5.91 Å². The lowest BCUT2D eigenvalue weighted by Gasteiger charge is -2.37. The number of fused-ring (bicyclic) bond motifs is 2. The number of hydrogen-bond acceptors (Lipinski definition) is 4. The number of nitrogens with zero attached hydrogens (tertiary/aromatic N) is 2. The third-order valence-electron chi connectivity index (χ3n) is 6.59. The van der Waals surface area contributed by atoms with E-state index < -0.39 is 6.10 Å². The average Bonchev–Trinajstić information content (AvgIpc) is 3.24. The van der Waals surface area contributed by atoms with Crippen molar-refractivity contribution in [1.82, 2.24) is 9.80 Å². The van der Waals surface area contributed by atoms with Gasteiger partial charge in [-0.3, -0.25) is 9.59 Å². The Labute approximate surface area is 173 Å². The molecule has 3 atom stereocenters. The zero-order chi connectivity index (χ0) is 20.6. The van der Waals surface area contributed by atoms with Crippen LogP contribution in [0.15, 0.2) is 24.3 Å². The molecule has 4 rings (SSSR count). The van der Waals surface area contributed by atoms with E-state index in [1.165, 1.54) is 0 Å². The molecule has 2 aliphatic heterocycles. The van der Waals surface area contributed by atoms with Crippen molar-refractivity contribution in [3.63, 3.8) is 0 Å². The Morgan fingerprint density at radius 2 is 1.90 bits per heavy atom. The first-order chi connectivity index (χ1) is 14.0. The zero-order valence-electron chi connectivity index (χ0n) is 17.7. The summed E-state index contributed by atoms with van der Waals surface area (Å²) in [6, 6.07) is 8.05. The molecule has 2 saturated heterocycles. The third kappa shape index (κ3) is 3.87. The van der Waals surface area contributed by atoms with Gasteiger partial charge in [-0.2, -0.15) is 0 Å². The molecule has 1 aromatic rings. The van der Waals surface area contributed by atoms with E-state index in [1.54, 1.807) is 0 Å². The highest BCUT2D eigenvalue weighted by atomic mass is 16.5. The molecule has 3 aliphatic rings. The van der Waals surface area contributed by atoms with Crippen LogP contribution in [0.25, 0.3) is 0 Å². The first-order valence-corrected chi connectivity index (χ1v) is 10.9. The molecule has 3 fully saturated rings. The molecular weight excluding hydrogens is 368 g/mol. The number of ether oxygens (including phenoxy) is 2. The number of benzene rings is 1. The van der Waals surface area contributed by atoms with E-state index in [9.17, 15) is 9.59 Å². The molecule has 1 unspecified atom stereocenters. The molecule has 1 aliphatic carbocycles. The molecule has 2 heterocycles. The summed E-state index contributed by atoms with van der Waals surface area (Å²) in [5.41, 5.74) is 0.815. The molecule has 6 heteroatoms. The minimum Gasteiger partial charge on any atom is -0.481 e. The lowest BCUT2D eigenvalue weighted by molar-refractivity contribution is -0.148. The van der Waals surface area contributed by atoms with Crippen molar-refractivity contribution in [1.29, 1.82) is 0 Å². The van der Waals surface area contributed by atoms with E-state index in [0.717, 1.165) is 30.6 Å². The van der Waals surface area contributed by atoms with Crippen LogP contribution in [-0.2, 0) is 14.3 Å². The molecule has 6 nitrogen and oxygen atoms in total. The molecule has 2 bridgehead atoms. The number of carbonyl (C=O) groups is 2. The largest absolute Gasteiger partial charge is 0.481 e. The molecule has 0 spiro atoms. The van der Waals surface area contributed by atoms with Gasteiger partial charge in [-0.1, -0.05) is 19.1 Å². The number of likely N-dealkylation sites (tertiary alicyclic amines) is 2. The minimum atomic E-state index is -0.479. The fourth-order valence-electron chi connectivity index (χ4n) is 4.70. The highest BCUT2D eigenvalue weighted by Crippen LogP contribution is 2.49. The number of amides is 2. The molecular formula is C23H32N2O4. The number of hydrogen-bond donors (Lipinski definition) is 0. The average molecular weight is 401 g/mol. The maximum absolute atomic E-state index is 13.2. The zero-order valence-corrected chi connectivity index (χ0v) is 17.7. The quantitative estimate of drug-likeness (QED) is 0.673. The second kappa shape index (κ2) is 7.98. The van der Waals surface area contributed by atoms with Crippen molar-refractivity contribution in [2.75, 3.05) is 26.3 Å². The van der Waals surface area contributed by atoms with Gasteiger partial charge in [0.25, 0.3) is 5.91 Å². The van der Waals surface area contributed by atoms with E-state index in [1.807, 2.05) is 54.8 Å². The van der Waals surface area contributed by atoms with Gasteiger partial charge in [0.15, 0.2) is 6.10 Å². The second-order valence-corrected chi connectivity index (χ2v) is 8.74. The topological polar surface area (TPSA) is 59.1 Å². The lowest BCUT2D eigenvalue weighted by atomic mass is 10.1. The maximum atomic E-state index is 13.2. The summed E-state index contributed by atoms with van der Waals surface area (Å²) in [4.78, 5) is 30.2. The Balaban J connectivity index is 1.37. The number of aryl methyl sites for hydroxylation is 1. The van der Waals surface area contributed by atoms with E-state index in [4.69, 9.17) is 9.47 Å². The summed E-state index contributed by atoms with van der Waals surface area (Å²) in [5.74, 6) is 1.01. The van der Waals surface area contributed by atoms with Crippen molar-refractivity contribution in [2.45, 2.75) is 64.6 Å². The summed E-state index contributed by atoms with van der Waals surface area (Å²) >= 11 is 0. The Hall–Kier alpha value is -2.08. The van der Waals surface area contributed by atoms with Crippen LogP contribution in [0.5, 0.6) is 5.75 Å². The van der Waals surface area contributed by atoms with Gasteiger partial charge in [0.05, 0.1) is 24.1 Å². The van der Waals surface area contributed by atoms with E-state index in [-0.39, 0.29) is 29.3 Å². The molecule has 0 aromatic heterocycles. The predicted octanol–water partition coefficient (Wildman–Crippen LogP) is 2.78. The molecule has 2 amide bonds. The highest BCUT2D eigenvalue weighted by Gasteiger charge is 2.57. The van der Waals surface area contributed by atoms with Crippen LogP contribution in [0.2, 0.25) is 0 Å². The standard InChI is InChI=1S/C23H32N2O4/c1-4-20(29-19-8-6-7-16(3)11-19)21(26)24-13-18-12-17(24)14-25(18)22(27)23(9-10-23)15-28-5-2/h6-8,11,17-18,20H,4-5,9-10,12-15H2,1-3H3/t17-,18-,20?/m0/s1. The van der Waals surface area contributed by atoms with E-state index >= 15 is 0 Å². The van der Waals surface area contributed by atoms with Crippen LogP contribution in [-0.4, -0.2) is 66.1 Å². The first-order valence-electron chi connectivity index (χ1n) is 10.9. The van der Waals surface area contributed by atoms with Crippen molar-refractivity contribution in [3.05, 3.63) is 29.8 Å². The Kier molecular flexibility index (Phi) is 5.56. The summed E-state index contributed by atoms with van der Waals surface area (Å²) in [7, 11) is 0.